The number of benzene rings is 1. The number of amides is 1. The molecule has 1 fully saturated rings. The second-order valence-corrected chi connectivity index (χ2v) is 5.43. The zero-order valence-electron chi connectivity index (χ0n) is 10.2. The summed E-state index contributed by atoms with van der Waals surface area (Å²) >= 11 is 11.5. The van der Waals surface area contributed by atoms with Crippen LogP contribution in [0.2, 0.25) is 10.0 Å². The maximum Gasteiger partial charge on any atom is 0.290 e. The van der Waals surface area contributed by atoms with E-state index in [0.29, 0.717) is 5.92 Å². The van der Waals surface area contributed by atoms with E-state index in [4.69, 9.17) is 23.2 Å². The van der Waals surface area contributed by atoms with Gasteiger partial charge in [0.2, 0.25) is 0 Å². The highest BCUT2D eigenvalue weighted by atomic mass is 35.5. The van der Waals surface area contributed by atoms with Crippen LogP contribution < -0.4 is 5.32 Å². The number of nitro groups is 1. The van der Waals surface area contributed by atoms with Crippen LogP contribution in [-0.2, 0) is 0 Å². The maximum absolute atomic E-state index is 12.0. The number of carbonyl (C=O) groups excluding carboxylic acids is 1. The summed E-state index contributed by atoms with van der Waals surface area (Å²) in [6.07, 6.45) is 2.20. The predicted molar refractivity (Wildman–Crippen MR) is 72.8 cm³/mol. The first-order valence-corrected chi connectivity index (χ1v) is 6.60. The lowest BCUT2D eigenvalue weighted by atomic mass is 10.1. The van der Waals surface area contributed by atoms with Gasteiger partial charge in [-0.15, -0.1) is 0 Å². The topological polar surface area (TPSA) is 72.2 Å². The minimum atomic E-state index is -0.657. The van der Waals surface area contributed by atoms with Gasteiger partial charge in [0.05, 0.1) is 9.95 Å². The highest BCUT2D eigenvalue weighted by molar-refractivity contribution is 6.43. The molecule has 2 rings (SSSR count). The fraction of sp³-hybridized carbons (Fsp3) is 0.417. The second-order valence-electron chi connectivity index (χ2n) is 4.65. The van der Waals surface area contributed by atoms with Crippen LogP contribution >= 0.6 is 23.2 Å². The fourth-order valence-electron chi connectivity index (χ4n) is 1.84. The average molecular weight is 303 g/mol. The van der Waals surface area contributed by atoms with Crippen LogP contribution in [0.25, 0.3) is 0 Å². The molecule has 1 unspecified atom stereocenters. The molecule has 1 aromatic rings. The molecule has 102 valence electrons. The Balaban J connectivity index is 2.23. The number of nitro benzene ring substituents is 1. The third-order valence-corrected chi connectivity index (χ3v) is 3.95. The Kier molecular flexibility index (Phi) is 3.96. The first-order chi connectivity index (χ1) is 8.90. The summed E-state index contributed by atoms with van der Waals surface area (Å²) in [6, 6.07) is 2.54. The van der Waals surface area contributed by atoms with Crippen LogP contribution in [0.15, 0.2) is 12.1 Å². The smallest absolute Gasteiger partial charge is 0.290 e. The van der Waals surface area contributed by atoms with Gasteiger partial charge in [0.1, 0.15) is 5.02 Å². The molecule has 5 nitrogen and oxygen atoms in total. The van der Waals surface area contributed by atoms with E-state index >= 15 is 0 Å². The molecule has 7 heteroatoms. The summed E-state index contributed by atoms with van der Waals surface area (Å²) < 4.78 is 0. The van der Waals surface area contributed by atoms with E-state index in [2.05, 4.69) is 5.32 Å². The van der Waals surface area contributed by atoms with E-state index in [9.17, 15) is 14.9 Å². The normalized spacial score (nSPS) is 15.9. The summed E-state index contributed by atoms with van der Waals surface area (Å²) in [4.78, 5) is 22.2. The van der Waals surface area contributed by atoms with Crippen LogP contribution in [0.3, 0.4) is 0 Å². The van der Waals surface area contributed by atoms with Crippen molar-refractivity contribution in [1.82, 2.24) is 5.32 Å². The highest BCUT2D eigenvalue weighted by Crippen LogP contribution is 2.34. The SMILES string of the molecule is CC(NC(=O)c1cc(Cl)c(Cl)c([N+](=O)[O-])c1)C1CC1. The summed E-state index contributed by atoms with van der Waals surface area (Å²) in [6.45, 7) is 1.92. The third kappa shape index (κ3) is 3.16. The van der Waals surface area contributed by atoms with Gasteiger partial charge in [-0.1, -0.05) is 23.2 Å². The molecule has 1 amide bonds. The first kappa shape index (κ1) is 14.1. The summed E-state index contributed by atoms with van der Waals surface area (Å²) in [5.74, 6) is 0.128. The maximum atomic E-state index is 12.0. The molecule has 1 saturated carbocycles. The third-order valence-electron chi connectivity index (χ3n) is 3.16. The van der Waals surface area contributed by atoms with E-state index < -0.39 is 4.92 Å². The van der Waals surface area contributed by atoms with Crippen LogP contribution in [0.1, 0.15) is 30.1 Å². The van der Waals surface area contributed by atoms with Crippen molar-refractivity contribution >= 4 is 34.8 Å². The molecule has 0 spiro atoms. The molecule has 0 aliphatic heterocycles. The van der Waals surface area contributed by atoms with E-state index in [1.165, 1.54) is 6.07 Å². The van der Waals surface area contributed by atoms with E-state index in [1.807, 2.05) is 6.92 Å². The van der Waals surface area contributed by atoms with E-state index in [-0.39, 0.29) is 33.2 Å². The number of hydrogen-bond acceptors (Lipinski definition) is 3. The van der Waals surface area contributed by atoms with Gasteiger partial charge in [0, 0.05) is 17.7 Å². The molecule has 1 aliphatic carbocycles. The van der Waals surface area contributed by atoms with Gasteiger partial charge in [-0.25, -0.2) is 0 Å². The van der Waals surface area contributed by atoms with Crippen LogP contribution in [-0.4, -0.2) is 16.9 Å². The standard InChI is InChI=1S/C12H12Cl2N2O3/c1-6(7-2-3-7)15-12(17)8-4-9(13)11(14)10(5-8)16(18)19/h4-7H,2-3H2,1H3,(H,15,17). The average Bonchev–Trinajstić information content (AvgIpc) is 3.15. The zero-order valence-corrected chi connectivity index (χ0v) is 11.7. The molecule has 0 heterocycles. The first-order valence-electron chi connectivity index (χ1n) is 5.84. The lowest BCUT2D eigenvalue weighted by molar-refractivity contribution is -0.384. The van der Waals surface area contributed by atoms with Crippen LogP contribution in [0, 0.1) is 16.0 Å². The van der Waals surface area contributed by atoms with Gasteiger partial charge in [0.15, 0.2) is 0 Å². The van der Waals surface area contributed by atoms with Crippen molar-refractivity contribution in [2.45, 2.75) is 25.8 Å². The van der Waals surface area contributed by atoms with Crippen molar-refractivity contribution in [3.8, 4) is 0 Å². The predicted octanol–water partition coefficient (Wildman–Crippen LogP) is 3.43. The Morgan fingerprint density at radius 1 is 1.47 bits per heavy atom. The molecule has 1 aliphatic rings. The molecule has 0 bridgehead atoms. The Hall–Kier alpha value is -1.33. The largest absolute Gasteiger partial charge is 0.349 e. The number of rotatable bonds is 4. The summed E-state index contributed by atoms with van der Waals surface area (Å²) in [7, 11) is 0. The quantitative estimate of drug-likeness (QED) is 0.684. The van der Waals surface area contributed by atoms with Crippen molar-refractivity contribution in [2.75, 3.05) is 0 Å². The fourth-order valence-corrected chi connectivity index (χ4v) is 2.24. The molecular weight excluding hydrogens is 291 g/mol. The monoisotopic (exact) mass is 302 g/mol. The molecule has 1 atom stereocenters. The summed E-state index contributed by atoms with van der Waals surface area (Å²) in [5.41, 5.74) is -0.216. The summed E-state index contributed by atoms with van der Waals surface area (Å²) in [5, 5.41) is 13.5. The lowest BCUT2D eigenvalue weighted by Gasteiger charge is -2.13. The van der Waals surface area contributed by atoms with Crippen molar-refractivity contribution in [1.29, 1.82) is 0 Å². The highest BCUT2D eigenvalue weighted by Gasteiger charge is 2.29. The molecular formula is C12H12Cl2N2O3. The van der Waals surface area contributed by atoms with E-state index in [1.54, 1.807) is 0 Å². The minimum absolute atomic E-state index is 0.0000849. The van der Waals surface area contributed by atoms with Gasteiger partial charge < -0.3 is 5.32 Å². The number of nitrogens with one attached hydrogen (secondary N) is 1. The van der Waals surface area contributed by atoms with Crippen LogP contribution in [0.4, 0.5) is 5.69 Å². The van der Waals surface area contributed by atoms with Gasteiger partial charge >= 0.3 is 0 Å². The zero-order chi connectivity index (χ0) is 14.2. The van der Waals surface area contributed by atoms with E-state index in [0.717, 1.165) is 18.9 Å². The Morgan fingerprint density at radius 2 is 2.11 bits per heavy atom. The molecule has 1 aromatic carbocycles. The molecule has 0 aromatic heterocycles. The molecule has 0 radical (unpaired) electrons. The molecule has 1 N–H and O–H groups in total. The van der Waals surface area contributed by atoms with Crippen molar-refractivity contribution in [3.05, 3.63) is 37.9 Å². The lowest BCUT2D eigenvalue weighted by Crippen LogP contribution is -2.34. The number of hydrogen-bond donors (Lipinski definition) is 1. The Labute approximate surface area is 120 Å². The number of carbonyl (C=O) groups is 1. The number of halogens is 2. The molecule has 0 saturated heterocycles. The van der Waals surface area contributed by atoms with Crippen molar-refractivity contribution in [2.24, 2.45) is 5.92 Å². The molecule has 19 heavy (non-hydrogen) atoms. The van der Waals surface area contributed by atoms with Gasteiger partial charge in [-0.3, -0.25) is 14.9 Å². The Bertz CT molecular complexity index is 544. The van der Waals surface area contributed by atoms with Gasteiger partial charge in [-0.05, 0) is 31.7 Å². The Morgan fingerprint density at radius 3 is 2.63 bits per heavy atom. The van der Waals surface area contributed by atoms with Gasteiger partial charge in [-0.2, -0.15) is 0 Å². The second kappa shape index (κ2) is 5.35. The van der Waals surface area contributed by atoms with Crippen molar-refractivity contribution < 1.29 is 9.72 Å². The number of nitrogens with zero attached hydrogens (tertiary/aromatic N) is 1. The van der Waals surface area contributed by atoms with Crippen LogP contribution in [0.5, 0.6) is 0 Å². The minimum Gasteiger partial charge on any atom is -0.349 e. The van der Waals surface area contributed by atoms with Crippen molar-refractivity contribution in [3.63, 3.8) is 0 Å². The van der Waals surface area contributed by atoms with Gasteiger partial charge in [0.25, 0.3) is 11.6 Å².